The number of anilines is 1. The number of hydrogen-bond donors (Lipinski definition) is 1. The molecule has 0 aliphatic heterocycles. The second kappa shape index (κ2) is 6.84. The summed E-state index contributed by atoms with van der Waals surface area (Å²) in [5.41, 5.74) is 1.43. The highest BCUT2D eigenvalue weighted by Crippen LogP contribution is 2.27. The summed E-state index contributed by atoms with van der Waals surface area (Å²) in [5, 5.41) is 4.28. The van der Waals surface area contributed by atoms with Crippen LogP contribution in [0.5, 0.6) is 0 Å². The lowest BCUT2D eigenvalue weighted by atomic mass is 10.2. The van der Waals surface area contributed by atoms with Crippen molar-refractivity contribution >= 4 is 44.3 Å². The highest BCUT2D eigenvalue weighted by molar-refractivity contribution is 7.94. The third-order valence-corrected chi connectivity index (χ3v) is 6.92. The number of aromatic nitrogens is 3. The SMILES string of the molecule is O=c1n(Cc2cccc(NS(=O)(=O)c3ccc(Cl)s3)c2)nc2ccccn12. The van der Waals surface area contributed by atoms with E-state index in [0.717, 1.165) is 16.9 Å². The predicted molar refractivity (Wildman–Crippen MR) is 105 cm³/mol. The van der Waals surface area contributed by atoms with E-state index in [-0.39, 0.29) is 16.4 Å². The van der Waals surface area contributed by atoms with Gasteiger partial charge in [-0.1, -0.05) is 29.8 Å². The van der Waals surface area contributed by atoms with E-state index in [1.54, 1.807) is 48.7 Å². The summed E-state index contributed by atoms with van der Waals surface area (Å²) in [6.45, 7) is 0.223. The molecule has 0 unspecified atom stereocenters. The monoisotopic (exact) mass is 420 g/mol. The zero-order valence-electron chi connectivity index (χ0n) is 13.7. The average Bonchev–Trinajstić information content (AvgIpc) is 3.20. The maximum Gasteiger partial charge on any atom is 0.350 e. The maximum atomic E-state index is 12.4. The molecule has 1 N–H and O–H groups in total. The van der Waals surface area contributed by atoms with Crippen molar-refractivity contribution in [2.75, 3.05) is 4.72 Å². The molecule has 0 aliphatic carbocycles. The van der Waals surface area contributed by atoms with Gasteiger partial charge in [-0.3, -0.25) is 9.12 Å². The molecule has 0 bridgehead atoms. The van der Waals surface area contributed by atoms with Gasteiger partial charge in [0.05, 0.1) is 10.9 Å². The van der Waals surface area contributed by atoms with E-state index in [0.29, 0.717) is 15.7 Å². The van der Waals surface area contributed by atoms with Gasteiger partial charge >= 0.3 is 5.69 Å². The Labute approximate surface area is 163 Å². The lowest BCUT2D eigenvalue weighted by Crippen LogP contribution is -2.21. The topological polar surface area (TPSA) is 85.5 Å². The zero-order valence-corrected chi connectivity index (χ0v) is 16.1. The number of benzene rings is 1. The number of halogens is 1. The first-order chi connectivity index (χ1) is 12.9. The zero-order chi connectivity index (χ0) is 19.0. The van der Waals surface area contributed by atoms with Crippen molar-refractivity contribution in [1.82, 2.24) is 14.2 Å². The van der Waals surface area contributed by atoms with Crippen LogP contribution in [0.15, 0.2) is 69.8 Å². The van der Waals surface area contributed by atoms with Crippen molar-refractivity contribution in [3.8, 4) is 0 Å². The molecule has 7 nitrogen and oxygen atoms in total. The third-order valence-electron chi connectivity index (χ3n) is 3.81. The van der Waals surface area contributed by atoms with Crippen LogP contribution in [-0.2, 0) is 16.6 Å². The molecule has 0 radical (unpaired) electrons. The van der Waals surface area contributed by atoms with Gasteiger partial charge in [0.1, 0.15) is 4.21 Å². The average molecular weight is 421 g/mol. The molecule has 138 valence electrons. The van der Waals surface area contributed by atoms with Crippen LogP contribution < -0.4 is 10.4 Å². The molecule has 4 rings (SSSR count). The second-order valence-electron chi connectivity index (χ2n) is 5.73. The number of hydrogen-bond acceptors (Lipinski definition) is 5. The molecule has 0 saturated carbocycles. The van der Waals surface area contributed by atoms with Crippen LogP contribution in [0.25, 0.3) is 5.65 Å². The van der Waals surface area contributed by atoms with Crippen molar-refractivity contribution in [3.05, 3.63) is 81.2 Å². The lowest BCUT2D eigenvalue weighted by molar-refractivity contribution is 0.603. The maximum absolute atomic E-state index is 12.4. The normalized spacial score (nSPS) is 11.7. The fourth-order valence-corrected chi connectivity index (χ4v) is 5.16. The summed E-state index contributed by atoms with van der Waals surface area (Å²) >= 11 is 6.80. The Hall–Kier alpha value is -2.62. The molecule has 10 heteroatoms. The van der Waals surface area contributed by atoms with Crippen molar-refractivity contribution in [2.24, 2.45) is 0 Å². The summed E-state index contributed by atoms with van der Waals surface area (Å²) in [6.07, 6.45) is 1.65. The first-order valence-corrected chi connectivity index (χ1v) is 10.5. The number of fused-ring (bicyclic) bond motifs is 1. The minimum Gasteiger partial charge on any atom is -0.279 e. The summed E-state index contributed by atoms with van der Waals surface area (Å²) in [4.78, 5) is 12.4. The van der Waals surface area contributed by atoms with E-state index >= 15 is 0 Å². The second-order valence-corrected chi connectivity index (χ2v) is 9.36. The van der Waals surface area contributed by atoms with Crippen LogP contribution in [-0.4, -0.2) is 22.6 Å². The molecule has 0 aliphatic rings. The van der Waals surface area contributed by atoms with Crippen LogP contribution in [0.4, 0.5) is 5.69 Å². The van der Waals surface area contributed by atoms with Crippen LogP contribution in [0.3, 0.4) is 0 Å². The van der Waals surface area contributed by atoms with Crippen molar-refractivity contribution in [3.63, 3.8) is 0 Å². The number of nitrogens with one attached hydrogen (secondary N) is 1. The third kappa shape index (κ3) is 3.61. The van der Waals surface area contributed by atoms with Crippen LogP contribution in [0.2, 0.25) is 4.34 Å². The molecule has 0 saturated heterocycles. The number of pyridine rings is 1. The van der Waals surface area contributed by atoms with E-state index in [1.165, 1.54) is 21.2 Å². The highest BCUT2D eigenvalue weighted by Gasteiger charge is 2.17. The Balaban J connectivity index is 1.61. The number of thiophene rings is 1. The summed E-state index contributed by atoms with van der Waals surface area (Å²) in [7, 11) is -3.71. The first kappa shape index (κ1) is 17.8. The van der Waals surface area contributed by atoms with Gasteiger partial charge in [0.25, 0.3) is 10.0 Å². The van der Waals surface area contributed by atoms with E-state index in [2.05, 4.69) is 9.82 Å². The van der Waals surface area contributed by atoms with Crippen LogP contribution in [0.1, 0.15) is 5.56 Å². The van der Waals surface area contributed by atoms with Gasteiger partial charge in [-0.05, 0) is 42.0 Å². The van der Waals surface area contributed by atoms with E-state index in [1.807, 2.05) is 0 Å². The minimum absolute atomic E-state index is 0.134. The molecular weight excluding hydrogens is 408 g/mol. The van der Waals surface area contributed by atoms with E-state index in [4.69, 9.17) is 11.6 Å². The summed E-state index contributed by atoms with van der Waals surface area (Å²) < 4.78 is 30.7. The Kier molecular flexibility index (Phi) is 4.50. The van der Waals surface area contributed by atoms with Gasteiger partial charge in [0.15, 0.2) is 5.65 Å². The highest BCUT2D eigenvalue weighted by atomic mass is 35.5. The van der Waals surface area contributed by atoms with E-state index < -0.39 is 10.0 Å². The summed E-state index contributed by atoms with van der Waals surface area (Å²) in [5.74, 6) is 0. The fourth-order valence-electron chi connectivity index (χ4n) is 2.62. The van der Waals surface area contributed by atoms with Crippen LogP contribution in [0, 0.1) is 0 Å². The van der Waals surface area contributed by atoms with E-state index in [9.17, 15) is 13.2 Å². The van der Waals surface area contributed by atoms with Crippen molar-refractivity contribution in [2.45, 2.75) is 10.8 Å². The molecule has 1 aromatic carbocycles. The minimum atomic E-state index is -3.71. The molecule has 0 atom stereocenters. The molecule has 0 spiro atoms. The molecule has 0 fully saturated rings. The van der Waals surface area contributed by atoms with Gasteiger partial charge in [0.2, 0.25) is 0 Å². The standard InChI is InChI=1S/C17H13ClN4O3S2/c18-14-7-8-16(26-14)27(24,25)20-13-5-3-4-12(10-13)11-22-17(23)21-9-2-1-6-15(21)19-22/h1-10,20H,11H2. The van der Waals surface area contributed by atoms with Gasteiger partial charge < -0.3 is 0 Å². The Morgan fingerprint density at radius 2 is 1.96 bits per heavy atom. The van der Waals surface area contributed by atoms with Crippen LogP contribution >= 0.6 is 22.9 Å². The Bertz CT molecular complexity index is 1290. The quantitative estimate of drug-likeness (QED) is 0.537. The molecule has 3 aromatic heterocycles. The largest absolute Gasteiger partial charge is 0.350 e. The predicted octanol–water partition coefficient (Wildman–Crippen LogP) is 3.06. The summed E-state index contributed by atoms with van der Waals surface area (Å²) in [6, 6.07) is 15.1. The first-order valence-electron chi connectivity index (χ1n) is 7.84. The fraction of sp³-hybridized carbons (Fsp3) is 0.0588. The molecule has 3 heterocycles. The van der Waals surface area contributed by atoms with Gasteiger partial charge in [0, 0.05) is 11.9 Å². The smallest absolute Gasteiger partial charge is 0.279 e. The number of nitrogens with zero attached hydrogens (tertiary/aromatic N) is 3. The van der Waals surface area contributed by atoms with Gasteiger partial charge in [-0.2, -0.15) is 0 Å². The molecule has 27 heavy (non-hydrogen) atoms. The Morgan fingerprint density at radius 1 is 1.11 bits per heavy atom. The van der Waals surface area contributed by atoms with Gasteiger partial charge in [-0.25, -0.2) is 17.9 Å². The number of sulfonamides is 1. The molecular formula is C17H13ClN4O3S2. The van der Waals surface area contributed by atoms with Gasteiger partial charge in [-0.15, -0.1) is 16.4 Å². The Morgan fingerprint density at radius 3 is 2.70 bits per heavy atom. The molecule has 0 amide bonds. The number of rotatable bonds is 5. The van der Waals surface area contributed by atoms with Crippen molar-refractivity contribution in [1.29, 1.82) is 0 Å². The van der Waals surface area contributed by atoms with Crippen molar-refractivity contribution < 1.29 is 8.42 Å². The lowest BCUT2D eigenvalue weighted by Gasteiger charge is -2.08. The molecule has 4 aromatic rings.